The Morgan fingerprint density at radius 3 is 2.32 bits per heavy atom. The van der Waals surface area contributed by atoms with E-state index in [2.05, 4.69) is 10.6 Å². The molecule has 1 unspecified atom stereocenters. The average Bonchev–Trinajstić information content (AvgIpc) is 2.54. The van der Waals surface area contributed by atoms with E-state index in [9.17, 15) is 9.59 Å². The minimum atomic E-state index is -0.594. The Hall–Kier alpha value is -2.53. The summed E-state index contributed by atoms with van der Waals surface area (Å²) in [7, 11) is 0. The van der Waals surface area contributed by atoms with Gasteiger partial charge in [0.1, 0.15) is 0 Å². The minimum Gasteiger partial charge on any atom is -0.463 e. The molecule has 5 nitrogen and oxygen atoms in total. The van der Waals surface area contributed by atoms with E-state index < -0.39 is 18.0 Å². The van der Waals surface area contributed by atoms with Crippen molar-refractivity contribution in [1.82, 2.24) is 5.32 Å². The molecule has 2 amide bonds. The molecular weight excluding hydrogens is 340 g/mol. The van der Waals surface area contributed by atoms with E-state index in [4.69, 9.17) is 16.3 Å². The molecule has 0 heterocycles. The summed E-state index contributed by atoms with van der Waals surface area (Å²) in [5, 5.41) is 6.00. The summed E-state index contributed by atoms with van der Waals surface area (Å²) < 4.78 is 5.19. The van der Waals surface area contributed by atoms with Crippen LogP contribution in [0.1, 0.15) is 31.9 Å². The number of carbonyl (C=O) groups is 2. The molecule has 132 valence electrons. The summed E-state index contributed by atoms with van der Waals surface area (Å²) in [5.74, 6) is -0.403. The van der Waals surface area contributed by atoms with Gasteiger partial charge in [-0.15, -0.1) is 0 Å². The van der Waals surface area contributed by atoms with Crippen LogP contribution >= 0.6 is 11.6 Å². The van der Waals surface area contributed by atoms with Gasteiger partial charge in [-0.3, -0.25) is 4.79 Å². The number of nitrogens with one attached hydrogen (secondary N) is 2. The number of ether oxygens (including phenoxy) is 1. The van der Waals surface area contributed by atoms with Crippen molar-refractivity contribution in [3.05, 3.63) is 65.2 Å². The molecule has 0 bridgehead atoms. The van der Waals surface area contributed by atoms with Crippen LogP contribution in [0.5, 0.6) is 0 Å². The second kappa shape index (κ2) is 9.08. The van der Waals surface area contributed by atoms with Gasteiger partial charge in [-0.1, -0.05) is 48.0 Å². The quantitative estimate of drug-likeness (QED) is 0.743. The molecule has 0 saturated carbocycles. The van der Waals surface area contributed by atoms with Crippen molar-refractivity contribution in [2.45, 2.75) is 32.4 Å². The Morgan fingerprint density at radius 2 is 1.68 bits per heavy atom. The summed E-state index contributed by atoms with van der Waals surface area (Å²) in [5.41, 5.74) is 1.32. The number of halogens is 1. The summed E-state index contributed by atoms with van der Waals surface area (Å²) in [4.78, 5) is 24.3. The lowest BCUT2D eigenvalue weighted by molar-refractivity contribution is -0.147. The first-order valence-corrected chi connectivity index (χ1v) is 8.40. The number of anilines is 1. The Kier molecular flexibility index (Phi) is 6.83. The second-order valence-electron chi connectivity index (χ2n) is 5.78. The van der Waals surface area contributed by atoms with Crippen LogP contribution in [0.3, 0.4) is 0 Å². The van der Waals surface area contributed by atoms with Crippen molar-refractivity contribution < 1.29 is 14.3 Å². The lowest BCUT2D eigenvalue weighted by Gasteiger charge is -2.20. The van der Waals surface area contributed by atoms with Crippen molar-refractivity contribution >= 4 is 29.3 Å². The number of urea groups is 1. The monoisotopic (exact) mass is 360 g/mol. The van der Waals surface area contributed by atoms with Crippen molar-refractivity contribution in [3.8, 4) is 0 Å². The maximum Gasteiger partial charge on any atom is 0.319 e. The zero-order valence-electron chi connectivity index (χ0n) is 14.2. The first-order chi connectivity index (χ1) is 12.0. The third-order valence-electron chi connectivity index (χ3n) is 3.36. The van der Waals surface area contributed by atoms with Gasteiger partial charge in [-0.2, -0.15) is 0 Å². The normalized spacial score (nSPS) is 11.7. The number of amides is 2. The summed E-state index contributed by atoms with van der Waals surface area (Å²) >= 11 is 6.23. The molecule has 0 aromatic heterocycles. The molecule has 0 aliphatic rings. The maximum absolute atomic E-state index is 12.3. The molecule has 2 aromatic rings. The highest BCUT2D eigenvalue weighted by Gasteiger charge is 2.22. The molecule has 2 rings (SSSR count). The molecule has 1 atom stereocenters. The number of rotatable bonds is 6. The zero-order chi connectivity index (χ0) is 18.2. The third kappa shape index (κ3) is 6.12. The fraction of sp³-hybridized carbons (Fsp3) is 0.263. The third-order valence-corrected chi connectivity index (χ3v) is 3.70. The van der Waals surface area contributed by atoms with E-state index >= 15 is 0 Å². The van der Waals surface area contributed by atoms with E-state index in [1.165, 1.54) is 0 Å². The number of para-hydroxylation sites is 1. The van der Waals surface area contributed by atoms with E-state index in [1.807, 2.05) is 18.2 Å². The predicted molar refractivity (Wildman–Crippen MR) is 98.6 cm³/mol. The Labute approximate surface area is 152 Å². The Morgan fingerprint density at radius 1 is 1.04 bits per heavy atom. The minimum absolute atomic E-state index is 0.00980. The van der Waals surface area contributed by atoms with Gasteiger partial charge in [0.15, 0.2) is 0 Å². The molecule has 2 aromatic carbocycles. The van der Waals surface area contributed by atoms with Crippen LogP contribution in [0, 0.1) is 0 Å². The molecule has 0 aliphatic carbocycles. The molecule has 6 heteroatoms. The predicted octanol–water partition coefficient (Wildman–Crippen LogP) is 4.54. The number of hydrogen-bond donors (Lipinski definition) is 2. The number of hydrogen-bond acceptors (Lipinski definition) is 3. The van der Waals surface area contributed by atoms with Crippen LogP contribution in [-0.4, -0.2) is 18.1 Å². The van der Waals surface area contributed by atoms with Crippen LogP contribution in [0.2, 0.25) is 5.02 Å². The zero-order valence-corrected chi connectivity index (χ0v) is 14.9. The fourth-order valence-corrected chi connectivity index (χ4v) is 2.59. The van der Waals surface area contributed by atoms with Gasteiger partial charge in [-0.25, -0.2) is 4.79 Å². The highest BCUT2D eigenvalue weighted by molar-refractivity contribution is 6.31. The summed E-state index contributed by atoms with van der Waals surface area (Å²) in [6.45, 7) is 3.55. The average molecular weight is 361 g/mol. The molecule has 2 N–H and O–H groups in total. The molecular formula is C19H21ClN2O3. The molecule has 0 aliphatic heterocycles. The first kappa shape index (κ1) is 18.8. The van der Waals surface area contributed by atoms with E-state index in [-0.39, 0.29) is 12.5 Å². The van der Waals surface area contributed by atoms with Gasteiger partial charge in [0.2, 0.25) is 0 Å². The van der Waals surface area contributed by atoms with Crippen molar-refractivity contribution in [1.29, 1.82) is 0 Å². The van der Waals surface area contributed by atoms with Gasteiger partial charge < -0.3 is 15.4 Å². The molecule has 0 radical (unpaired) electrons. The van der Waals surface area contributed by atoms with Crippen LogP contribution in [0.4, 0.5) is 10.5 Å². The van der Waals surface area contributed by atoms with E-state index in [1.54, 1.807) is 50.2 Å². The summed E-state index contributed by atoms with van der Waals surface area (Å²) in [6, 6.07) is 15.1. The second-order valence-corrected chi connectivity index (χ2v) is 6.19. The number of esters is 1. The topological polar surface area (TPSA) is 67.4 Å². The van der Waals surface area contributed by atoms with Gasteiger partial charge in [-0.05, 0) is 37.6 Å². The van der Waals surface area contributed by atoms with Crippen LogP contribution in [0.25, 0.3) is 0 Å². The van der Waals surface area contributed by atoms with Gasteiger partial charge in [0.25, 0.3) is 0 Å². The highest BCUT2D eigenvalue weighted by atomic mass is 35.5. The van der Waals surface area contributed by atoms with Crippen molar-refractivity contribution in [2.24, 2.45) is 0 Å². The molecule has 0 spiro atoms. The fourth-order valence-electron chi connectivity index (χ4n) is 2.32. The van der Waals surface area contributed by atoms with Crippen molar-refractivity contribution in [3.63, 3.8) is 0 Å². The SMILES string of the molecule is CC(C)OC(=O)CC(NC(=O)Nc1ccccc1)c1ccccc1Cl. The maximum atomic E-state index is 12.3. The first-order valence-electron chi connectivity index (χ1n) is 8.02. The van der Waals surface area contributed by atoms with Gasteiger partial charge in [0.05, 0.1) is 18.6 Å². The largest absolute Gasteiger partial charge is 0.463 e. The standard InChI is InChI=1S/C19H21ClN2O3/c1-13(2)25-18(23)12-17(15-10-6-7-11-16(15)20)22-19(24)21-14-8-4-3-5-9-14/h3-11,13,17H,12H2,1-2H3,(H2,21,22,24). The Balaban J connectivity index is 2.12. The molecule has 25 heavy (non-hydrogen) atoms. The molecule has 0 fully saturated rings. The number of carbonyl (C=O) groups excluding carboxylic acids is 2. The van der Waals surface area contributed by atoms with Crippen LogP contribution < -0.4 is 10.6 Å². The van der Waals surface area contributed by atoms with Crippen LogP contribution in [0.15, 0.2) is 54.6 Å². The smallest absolute Gasteiger partial charge is 0.319 e. The number of benzene rings is 2. The lowest BCUT2D eigenvalue weighted by atomic mass is 10.0. The Bertz CT molecular complexity index is 720. The van der Waals surface area contributed by atoms with Crippen LogP contribution in [-0.2, 0) is 9.53 Å². The van der Waals surface area contributed by atoms with E-state index in [0.29, 0.717) is 16.3 Å². The highest BCUT2D eigenvalue weighted by Crippen LogP contribution is 2.25. The van der Waals surface area contributed by atoms with E-state index in [0.717, 1.165) is 0 Å². The van der Waals surface area contributed by atoms with Gasteiger partial charge >= 0.3 is 12.0 Å². The van der Waals surface area contributed by atoms with Gasteiger partial charge in [0, 0.05) is 10.7 Å². The molecule has 0 saturated heterocycles. The summed E-state index contributed by atoms with van der Waals surface area (Å²) in [6.07, 6.45) is -0.234. The lowest BCUT2D eigenvalue weighted by Crippen LogP contribution is -2.34. The van der Waals surface area contributed by atoms with Crippen molar-refractivity contribution in [2.75, 3.05) is 5.32 Å².